The normalized spacial score (nSPS) is 11.3. The molecule has 27 heavy (non-hydrogen) atoms. The maximum absolute atomic E-state index is 11.9. The first kappa shape index (κ1) is 19.2. The Morgan fingerprint density at radius 3 is 2.52 bits per heavy atom. The van der Waals surface area contributed by atoms with Gasteiger partial charge in [0.05, 0.1) is 7.11 Å². The maximum Gasteiger partial charge on any atom is 0.336 e. The van der Waals surface area contributed by atoms with Crippen molar-refractivity contribution < 1.29 is 9.15 Å². The molecule has 142 valence electrons. The summed E-state index contributed by atoms with van der Waals surface area (Å²) in [5.41, 5.74) is 5.04. The van der Waals surface area contributed by atoms with Gasteiger partial charge >= 0.3 is 5.63 Å². The molecule has 1 aromatic heterocycles. The second-order valence-corrected chi connectivity index (χ2v) is 7.23. The molecule has 0 spiro atoms. The van der Waals surface area contributed by atoms with Crippen LogP contribution in [0.5, 0.6) is 5.75 Å². The molecule has 1 N–H and O–H groups in total. The third-order valence-corrected chi connectivity index (χ3v) is 4.90. The Morgan fingerprint density at radius 1 is 1.11 bits per heavy atom. The average molecular weight is 365 g/mol. The molecule has 3 rings (SSSR count). The minimum absolute atomic E-state index is 0.300. The minimum atomic E-state index is -0.300. The highest BCUT2D eigenvalue weighted by molar-refractivity contribution is 5.82. The van der Waals surface area contributed by atoms with E-state index in [1.165, 1.54) is 11.1 Å². The van der Waals surface area contributed by atoms with Crippen molar-refractivity contribution in [1.29, 1.82) is 0 Å². The first-order valence-electron chi connectivity index (χ1n) is 9.39. The predicted molar refractivity (Wildman–Crippen MR) is 110 cm³/mol. The summed E-state index contributed by atoms with van der Waals surface area (Å²) in [6.07, 6.45) is 0.916. The van der Waals surface area contributed by atoms with Gasteiger partial charge in [-0.2, -0.15) is 0 Å². The van der Waals surface area contributed by atoms with Crippen LogP contribution >= 0.6 is 0 Å². The van der Waals surface area contributed by atoms with Crippen LogP contribution in [-0.2, 0) is 13.0 Å². The fourth-order valence-electron chi connectivity index (χ4n) is 3.41. The van der Waals surface area contributed by atoms with Gasteiger partial charge in [0.25, 0.3) is 0 Å². The molecule has 0 saturated carbocycles. The molecular weight excluding hydrogens is 338 g/mol. The van der Waals surface area contributed by atoms with Gasteiger partial charge in [-0.3, -0.25) is 0 Å². The Kier molecular flexibility index (Phi) is 5.97. The molecule has 4 nitrogen and oxygen atoms in total. The number of aryl methyl sites for hydroxylation is 1. The topological polar surface area (TPSA) is 51.5 Å². The third-order valence-electron chi connectivity index (χ3n) is 4.90. The van der Waals surface area contributed by atoms with Crippen LogP contribution in [0, 0.1) is 6.92 Å². The van der Waals surface area contributed by atoms with Crippen LogP contribution in [0.25, 0.3) is 11.0 Å². The van der Waals surface area contributed by atoms with Crippen molar-refractivity contribution in [3.63, 3.8) is 0 Å². The molecule has 4 heteroatoms. The third kappa shape index (κ3) is 4.58. The van der Waals surface area contributed by atoms with Crippen molar-refractivity contribution in [2.75, 3.05) is 13.7 Å². The Balaban J connectivity index is 1.73. The Labute approximate surface area is 160 Å². The number of ether oxygens (including phenoxy) is 1. The number of rotatable bonds is 7. The van der Waals surface area contributed by atoms with E-state index in [0.29, 0.717) is 18.0 Å². The minimum Gasteiger partial charge on any atom is -0.497 e. The molecule has 0 aliphatic carbocycles. The van der Waals surface area contributed by atoms with Crippen molar-refractivity contribution >= 4 is 11.0 Å². The Bertz CT molecular complexity index is 971. The van der Waals surface area contributed by atoms with E-state index in [-0.39, 0.29) is 5.63 Å². The molecule has 0 saturated heterocycles. The van der Waals surface area contributed by atoms with Gasteiger partial charge < -0.3 is 14.5 Å². The van der Waals surface area contributed by atoms with Crippen LogP contribution in [-0.4, -0.2) is 13.7 Å². The summed E-state index contributed by atoms with van der Waals surface area (Å²) in [5.74, 6) is 1.29. The number of nitrogens with one attached hydrogen (secondary N) is 1. The summed E-state index contributed by atoms with van der Waals surface area (Å²) in [6.45, 7) is 7.89. The number of fused-ring (bicyclic) bond motifs is 1. The molecule has 0 unspecified atom stereocenters. The van der Waals surface area contributed by atoms with Gasteiger partial charge in [-0.25, -0.2) is 4.79 Å². The van der Waals surface area contributed by atoms with Gasteiger partial charge in [-0.15, -0.1) is 0 Å². The van der Waals surface area contributed by atoms with Crippen LogP contribution in [0.15, 0.2) is 51.7 Å². The van der Waals surface area contributed by atoms with Crippen LogP contribution in [0.2, 0.25) is 0 Å². The molecule has 0 aliphatic heterocycles. The van der Waals surface area contributed by atoms with Crippen molar-refractivity contribution in [2.45, 2.75) is 39.7 Å². The second-order valence-electron chi connectivity index (χ2n) is 7.23. The van der Waals surface area contributed by atoms with Gasteiger partial charge in [0.1, 0.15) is 11.3 Å². The summed E-state index contributed by atoms with van der Waals surface area (Å²) in [7, 11) is 1.67. The quantitative estimate of drug-likeness (QED) is 0.492. The van der Waals surface area contributed by atoms with E-state index in [1.54, 1.807) is 13.2 Å². The van der Waals surface area contributed by atoms with E-state index in [1.807, 2.05) is 18.2 Å². The van der Waals surface area contributed by atoms with E-state index in [9.17, 15) is 4.79 Å². The van der Waals surface area contributed by atoms with E-state index < -0.39 is 0 Å². The number of hydrogen-bond donors (Lipinski definition) is 1. The predicted octanol–water partition coefficient (Wildman–Crippen LogP) is 4.57. The fourth-order valence-corrected chi connectivity index (χ4v) is 3.41. The second kappa shape index (κ2) is 8.40. The molecule has 0 amide bonds. The molecule has 0 atom stereocenters. The summed E-state index contributed by atoms with van der Waals surface area (Å²) < 4.78 is 10.6. The molecule has 0 fully saturated rings. The number of benzene rings is 2. The first-order valence-corrected chi connectivity index (χ1v) is 9.39. The summed E-state index contributed by atoms with van der Waals surface area (Å²) in [5, 5.41) is 4.46. The van der Waals surface area contributed by atoms with Crippen LogP contribution in [0.1, 0.15) is 42.0 Å². The standard InChI is InChI=1S/C23H27NO3/c1-15(2)20-13-21-18(12-23(25)27-22(21)11-16(20)3)14-24-10-9-17-5-7-19(26-4)8-6-17/h5-8,11-13,15,24H,9-10,14H2,1-4H3. The lowest BCUT2D eigenvalue weighted by Crippen LogP contribution is -2.18. The zero-order valence-corrected chi connectivity index (χ0v) is 16.5. The Hall–Kier alpha value is -2.59. The van der Waals surface area contributed by atoms with E-state index in [2.05, 4.69) is 44.3 Å². The lowest BCUT2D eigenvalue weighted by atomic mass is 9.95. The van der Waals surface area contributed by atoms with Gasteiger partial charge in [0, 0.05) is 18.0 Å². The Morgan fingerprint density at radius 2 is 1.85 bits per heavy atom. The lowest BCUT2D eigenvalue weighted by molar-refractivity contribution is 0.414. The van der Waals surface area contributed by atoms with Gasteiger partial charge in [0.2, 0.25) is 0 Å². The van der Waals surface area contributed by atoms with Crippen LogP contribution in [0.4, 0.5) is 0 Å². The lowest BCUT2D eigenvalue weighted by Gasteiger charge is -2.13. The van der Waals surface area contributed by atoms with Gasteiger partial charge in [-0.1, -0.05) is 26.0 Å². The van der Waals surface area contributed by atoms with E-state index in [0.717, 1.165) is 35.2 Å². The van der Waals surface area contributed by atoms with E-state index in [4.69, 9.17) is 9.15 Å². The summed E-state index contributed by atoms with van der Waals surface area (Å²) in [6, 6.07) is 13.8. The molecule has 0 aliphatic rings. The molecular formula is C23H27NO3. The average Bonchev–Trinajstić information content (AvgIpc) is 2.64. The largest absolute Gasteiger partial charge is 0.497 e. The molecule has 3 aromatic rings. The van der Waals surface area contributed by atoms with Crippen LogP contribution in [0.3, 0.4) is 0 Å². The van der Waals surface area contributed by atoms with Gasteiger partial charge in [-0.05, 0) is 72.3 Å². The highest BCUT2D eigenvalue weighted by atomic mass is 16.5. The number of hydrogen-bond acceptors (Lipinski definition) is 4. The monoisotopic (exact) mass is 365 g/mol. The maximum atomic E-state index is 11.9. The van der Waals surface area contributed by atoms with Crippen molar-refractivity contribution in [1.82, 2.24) is 5.32 Å². The van der Waals surface area contributed by atoms with Crippen LogP contribution < -0.4 is 15.7 Å². The zero-order chi connectivity index (χ0) is 19.4. The summed E-state index contributed by atoms with van der Waals surface area (Å²) >= 11 is 0. The SMILES string of the molecule is COc1ccc(CCNCc2cc(=O)oc3cc(C)c(C(C)C)cc23)cc1. The zero-order valence-electron chi connectivity index (χ0n) is 16.5. The molecule has 2 aromatic carbocycles. The molecule has 0 bridgehead atoms. The van der Waals surface area contributed by atoms with Crippen molar-refractivity contribution in [3.8, 4) is 5.75 Å². The van der Waals surface area contributed by atoms with Crippen molar-refractivity contribution in [2.24, 2.45) is 0 Å². The molecule has 1 heterocycles. The van der Waals surface area contributed by atoms with E-state index >= 15 is 0 Å². The summed E-state index contributed by atoms with van der Waals surface area (Å²) in [4.78, 5) is 11.9. The highest BCUT2D eigenvalue weighted by Crippen LogP contribution is 2.26. The fraction of sp³-hybridized carbons (Fsp3) is 0.348. The molecule has 0 radical (unpaired) electrons. The smallest absolute Gasteiger partial charge is 0.336 e. The number of methoxy groups -OCH3 is 1. The van der Waals surface area contributed by atoms with Gasteiger partial charge in [0.15, 0.2) is 0 Å². The highest BCUT2D eigenvalue weighted by Gasteiger charge is 2.11. The van der Waals surface area contributed by atoms with Crippen molar-refractivity contribution in [3.05, 3.63) is 75.1 Å². The first-order chi connectivity index (χ1) is 13.0.